The number of rotatable bonds is 6. The third-order valence-corrected chi connectivity index (χ3v) is 9.95. The predicted octanol–water partition coefficient (Wildman–Crippen LogP) is 12.9. The second-order valence-corrected chi connectivity index (χ2v) is 13.2. The number of aromatic nitrogens is 3. The van der Waals surface area contributed by atoms with Gasteiger partial charge >= 0.3 is 0 Å². The van der Waals surface area contributed by atoms with E-state index in [-0.39, 0.29) is 0 Å². The third kappa shape index (κ3) is 5.54. The normalized spacial score (nSPS) is 11.4. The second-order valence-electron chi connectivity index (χ2n) is 13.2. The zero-order valence-electron chi connectivity index (χ0n) is 28.6. The Bertz CT molecular complexity index is 2940. The van der Waals surface area contributed by atoms with Gasteiger partial charge in [-0.3, -0.25) is 0 Å². The van der Waals surface area contributed by atoms with E-state index in [1.165, 1.54) is 22.3 Å². The molecule has 0 aliphatic rings. The lowest BCUT2D eigenvalue weighted by atomic mass is 9.92. The van der Waals surface area contributed by atoms with Crippen molar-refractivity contribution in [2.24, 2.45) is 0 Å². The molecular formula is C49H31N3O. The van der Waals surface area contributed by atoms with Gasteiger partial charge in [0.05, 0.1) is 0 Å². The highest BCUT2D eigenvalue weighted by molar-refractivity contribution is 6.14. The van der Waals surface area contributed by atoms with Gasteiger partial charge in [-0.05, 0) is 68.4 Å². The highest BCUT2D eigenvalue weighted by Crippen LogP contribution is 2.41. The van der Waals surface area contributed by atoms with Gasteiger partial charge in [-0.2, -0.15) is 0 Å². The summed E-state index contributed by atoms with van der Waals surface area (Å²) < 4.78 is 6.58. The molecule has 0 N–H and O–H groups in total. The minimum atomic E-state index is 0.585. The number of hydrogen-bond acceptors (Lipinski definition) is 4. The maximum Gasteiger partial charge on any atom is 0.164 e. The van der Waals surface area contributed by atoms with E-state index in [0.717, 1.165) is 60.5 Å². The van der Waals surface area contributed by atoms with Crippen molar-refractivity contribution in [3.05, 3.63) is 188 Å². The average molecular weight is 678 g/mol. The molecule has 10 rings (SSSR count). The molecule has 0 amide bonds. The van der Waals surface area contributed by atoms with Crippen molar-refractivity contribution < 1.29 is 4.42 Å². The molecule has 2 aromatic heterocycles. The Morgan fingerprint density at radius 3 is 1.55 bits per heavy atom. The standard InChI is InChI=1S/C49H31N3O/c1-4-14-32(15-5-1)38-21-10-11-22-40(38)41-24-13-25-44-46(41)42-29-28-37(31-45(42)53-44)49-51-47(35-18-8-3-9-19-35)50-48(52-49)36-27-26-34-20-12-23-39(43(34)30-36)33-16-6-2-7-17-33/h1-31H. The Hall–Kier alpha value is -7.17. The van der Waals surface area contributed by atoms with Crippen LogP contribution in [0, 0.1) is 0 Å². The van der Waals surface area contributed by atoms with Crippen molar-refractivity contribution in [3.63, 3.8) is 0 Å². The maximum absolute atomic E-state index is 6.58. The summed E-state index contributed by atoms with van der Waals surface area (Å²) in [7, 11) is 0. The van der Waals surface area contributed by atoms with Crippen LogP contribution in [0.4, 0.5) is 0 Å². The molecule has 0 spiro atoms. The molecule has 0 aliphatic heterocycles. The molecule has 0 saturated carbocycles. The first-order valence-corrected chi connectivity index (χ1v) is 17.8. The van der Waals surface area contributed by atoms with E-state index in [1.807, 2.05) is 42.5 Å². The van der Waals surface area contributed by atoms with Crippen molar-refractivity contribution in [1.82, 2.24) is 15.0 Å². The van der Waals surface area contributed by atoms with Crippen LogP contribution < -0.4 is 0 Å². The van der Waals surface area contributed by atoms with E-state index in [4.69, 9.17) is 19.4 Å². The predicted molar refractivity (Wildman–Crippen MR) is 217 cm³/mol. The minimum Gasteiger partial charge on any atom is -0.456 e. The Labute approximate surface area is 306 Å². The topological polar surface area (TPSA) is 51.8 Å². The molecule has 2 heterocycles. The Morgan fingerprint density at radius 1 is 0.302 bits per heavy atom. The van der Waals surface area contributed by atoms with E-state index in [9.17, 15) is 0 Å². The lowest BCUT2D eigenvalue weighted by molar-refractivity contribution is 0.669. The summed E-state index contributed by atoms with van der Waals surface area (Å²) in [4.78, 5) is 15.2. The summed E-state index contributed by atoms with van der Waals surface area (Å²) in [6, 6.07) is 65.2. The molecule has 0 unspecified atom stereocenters. The SMILES string of the molecule is c1ccc(-c2nc(-c3ccc4c(c3)oc3cccc(-c5ccccc5-c5ccccc5)c34)nc(-c3ccc4cccc(-c5ccccc5)c4c3)n2)cc1. The smallest absolute Gasteiger partial charge is 0.164 e. The fraction of sp³-hybridized carbons (Fsp3) is 0. The fourth-order valence-corrected chi connectivity index (χ4v) is 7.41. The lowest BCUT2D eigenvalue weighted by Gasteiger charge is -2.11. The van der Waals surface area contributed by atoms with Gasteiger partial charge in [0.25, 0.3) is 0 Å². The molecule has 0 saturated heterocycles. The van der Waals surface area contributed by atoms with E-state index >= 15 is 0 Å². The quantitative estimate of drug-likeness (QED) is 0.176. The maximum atomic E-state index is 6.58. The molecule has 248 valence electrons. The summed E-state index contributed by atoms with van der Waals surface area (Å²) >= 11 is 0. The average Bonchev–Trinajstić information content (AvgIpc) is 3.62. The van der Waals surface area contributed by atoms with Crippen LogP contribution in [0.5, 0.6) is 0 Å². The Kier molecular flexibility index (Phi) is 7.43. The molecule has 0 aliphatic carbocycles. The van der Waals surface area contributed by atoms with E-state index in [2.05, 4.69) is 146 Å². The lowest BCUT2D eigenvalue weighted by Crippen LogP contribution is -2.00. The van der Waals surface area contributed by atoms with Crippen LogP contribution in [-0.4, -0.2) is 15.0 Å². The zero-order chi connectivity index (χ0) is 35.1. The van der Waals surface area contributed by atoms with Crippen LogP contribution in [0.25, 0.3) is 100 Å². The molecule has 10 aromatic rings. The van der Waals surface area contributed by atoms with Crippen molar-refractivity contribution in [1.29, 1.82) is 0 Å². The van der Waals surface area contributed by atoms with Crippen LogP contribution in [0.3, 0.4) is 0 Å². The summed E-state index contributed by atoms with van der Waals surface area (Å²) in [6.45, 7) is 0. The molecule has 8 aromatic carbocycles. The summed E-state index contributed by atoms with van der Waals surface area (Å²) in [5.74, 6) is 1.82. The van der Waals surface area contributed by atoms with Crippen LogP contribution in [0.15, 0.2) is 192 Å². The van der Waals surface area contributed by atoms with Gasteiger partial charge < -0.3 is 4.42 Å². The van der Waals surface area contributed by atoms with Gasteiger partial charge in [0.15, 0.2) is 17.5 Å². The Morgan fingerprint density at radius 2 is 0.830 bits per heavy atom. The van der Waals surface area contributed by atoms with Gasteiger partial charge in [0.1, 0.15) is 11.2 Å². The van der Waals surface area contributed by atoms with Gasteiger partial charge in [-0.15, -0.1) is 0 Å². The summed E-state index contributed by atoms with van der Waals surface area (Å²) in [6.07, 6.45) is 0. The van der Waals surface area contributed by atoms with Gasteiger partial charge in [0, 0.05) is 27.5 Å². The third-order valence-electron chi connectivity index (χ3n) is 9.95. The summed E-state index contributed by atoms with van der Waals surface area (Å²) in [5, 5.41) is 4.44. The van der Waals surface area contributed by atoms with Gasteiger partial charge in [0.2, 0.25) is 0 Å². The minimum absolute atomic E-state index is 0.585. The molecule has 0 bridgehead atoms. The van der Waals surface area contributed by atoms with Crippen molar-refractivity contribution in [2.45, 2.75) is 0 Å². The Balaban J connectivity index is 1.13. The summed E-state index contributed by atoms with van der Waals surface area (Å²) in [5.41, 5.74) is 11.3. The fourth-order valence-electron chi connectivity index (χ4n) is 7.41. The van der Waals surface area contributed by atoms with Crippen molar-refractivity contribution in [2.75, 3.05) is 0 Å². The van der Waals surface area contributed by atoms with Crippen LogP contribution >= 0.6 is 0 Å². The first-order valence-electron chi connectivity index (χ1n) is 17.8. The van der Waals surface area contributed by atoms with Crippen LogP contribution in [0.2, 0.25) is 0 Å². The highest BCUT2D eigenvalue weighted by atomic mass is 16.3. The molecule has 53 heavy (non-hydrogen) atoms. The molecular weight excluding hydrogens is 647 g/mol. The number of benzene rings is 8. The number of hydrogen-bond donors (Lipinski definition) is 0. The van der Waals surface area contributed by atoms with Crippen LogP contribution in [-0.2, 0) is 0 Å². The largest absolute Gasteiger partial charge is 0.456 e. The van der Waals surface area contributed by atoms with E-state index < -0.39 is 0 Å². The molecule has 0 atom stereocenters. The van der Waals surface area contributed by atoms with Crippen molar-refractivity contribution in [3.8, 4) is 67.5 Å². The molecule has 4 heteroatoms. The monoisotopic (exact) mass is 677 g/mol. The number of furan rings is 1. The second kappa shape index (κ2) is 12.9. The molecule has 4 nitrogen and oxygen atoms in total. The van der Waals surface area contributed by atoms with Gasteiger partial charge in [-0.25, -0.2) is 15.0 Å². The van der Waals surface area contributed by atoms with Crippen molar-refractivity contribution >= 4 is 32.7 Å². The zero-order valence-corrected chi connectivity index (χ0v) is 28.6. The van der Waals surface area contributed by atoms with Crippen LogP contribution in [0.1, 0.15) is 0 Å². The number of nitrogens with zero attached hydrogens (tertiary/aromatic N) is 3. The molecule has 0 fully saturated rings. The first kappa shape index (κ1) is 30.6. The number of fused-ring (bicyclic) bond motifs is 4. The first-order chi connectivity index (χ1) is 26.3. The highest BCUT2D eigenvalue weighted by Gasteiger charge is 2.18. The molecule has 0 radical (unpaired) electrons. The van der Waals surface area contributed by atoms with E-state index in [0.29, 0.717) is 17.5 Å². The van der Waals surface area contributed by atoms with E-state index in [1.54, 1.807) is 0 Å². The van der Waals surface area contributed by atoms with Gasteiger partial charge in [-0.1, -0.05) is 164 Å².